The van der Waals surface area contributed by atoms with Crippen LogP contribution < -0.4 is 4.42 Å². The summed E-state index contributed by atoms with van der Waals surface area (Å²) in [7, 11) is 0. The summed E-state index contributed by atoms with van der Waals surface area (Å²) in [6.45, 7) is 5.95. The standard InChI is InChI=1S/C12H12ClFN4/c1-3-4-17(13)12-8-18(16-9(12)2)11-5-10(14)6-15-7-11/h3,5-8H,1,4H2,2H3. The third kappa shape index (κ3) is 2.51. The molecule has 0 fully saturated rings. The zero-order chi connectivity index (χ0) is 13.1. The fourth-order valence-electron chi connectivity index (χ4n) is 1.56. The molecule has 0 spiro atoms. The fourth-order valence-corrected chi connectivity index (χ4v) is 1.82. The van der Waals surface area contributed by atoms with Crippen molar-refractivity contribution < 1.29 is 4.39 Å². The van der Waals surface area contributed by atoms with Gasteiger partial charge in [0.2, 0.25) is 0 Å². The van der Waals surface area contributed by atoms with Crippen molar-refractivity contribution in [3.05, 3.63) is 48.8 Å². The van der Waals surface area contributed by atoms with E-state index in [9.17, 15) is 4.39 Å². The van der Waals surface area contributed by atoms with Crippen molar-refractivity contribution in [1.82, 2.24) is 14.8 Å². The van der Waals surface area contributed by atoms with Gasteiger partial charge in [-0.25, -0.2) is 9.07 Å². The van der Waals surface area contributed by atoms with E-state index in [4.69, 9.17) is 11.8 Å². The van der Waals surface area contributed by atoms with Crippen molar-refractivity contribution in [2.75, 3.05) is 11.0 Å². The Morgan fingerprint density at radius 1 is 1.56 bits per heavy atom. The molecule has 0 amide bonds. The second kappa shape index (κ2) is 5.18. The minimum absolute atomic E-state index is 0.406. The quantitative estimate of drug-likeness (QED) is 0.630. The SMILES string of the molecule is C=CCN(Cl)c1cn(-c2cncc(F)c2)nc1C. The Kier molecular flexibility index (Phi) is 3.62. The van der Waals surface area contributed by atoms with Crippen LogP contribution in [0.25, 0.3) is 5.69 Å². The Balaban J connectivity index is 2.36. The van der Waals surface area contributed by atoms with Gasteiger partial charge in [-0.05, 0) is 6.92 Å². The maximum Gasteiger partial charge on any atom is 0.143 e. The third-order valence-corrected chi connectivity index (χ3v) is 2.70. The molecule has 2 heterocycles. The molecule has 0 aromatic carbocycles. The van der Waals surface area contributed by atoms with E-state index in [1.54, 1.807) is 17.0 Å². The van der Waals surface area contributed by atoms with Crippen LogP contribution in [-0.4, -0.2) is 21.3 Å². The molecule has 0 saturated carbocycles. The maximum atomic E-state index is 13.1. The summed E-state index contributed by atoms with van der Waals surface area (Å²) in [5.74, 6) is -0.406. The first-order valence-electron chi connectivity index (χ1n) is 5.33. The van der Waals surface area contributed by atoms with Gasteiger partial charge in [0.05, 0.1) is 42.2 Å². The van der Waals surface area contributed by atoms with E-state index in [2.05, 4.69) is 16.7 Å². The van der Waals surface area contributed by atoms with Crippen molar-refractivity contribution in [2.45, 2.75) is 6.92 Å². The molecule has 0 atom stereocenters. The second-order valence-electron chi connectivity index (χ2n) is 3.74. The lowest BCUT2D eigenvalue weighted by Crippen LogP contribution is -2.09. The highest BCUT2D eigenvalue weighted by atomic mass is 35.5. The Morgan fingerprint density at radius 2 is 2.33 bits per heavy atom. The normalized spacial score (nSPS) is 10.4. The smallest absolute Gasteiger partial charge is 0.143 e. The van der Waals surface area contributed by atoms with Crippen LogP contribution in [-0.2, 0) is 0 Å². The van der Waals surface area contributed by atoms with Crippen LogP contribution in [0.3, 0.4) is 0 Å². The molecule has 0 bridgehead atoms. The van der Waals surface area contributed by atoms with E-state index in [0.717, 1.165) is 17.6 Å². The summed E-state index contributed by atoms with van der Waals surface area (Å²) in [4.78, 5) is 3.78. The molecule has 94 valence electrons. The number of hydrogen-bond acceptors (Lipinski definition) is 3. The van der Waals surface area contributed by atoms with Gasteiger partial charge in [0.15, 0.2) is 0 Å². The van der Waals surface area contributed by atoms with Gasteiger partial charge in [0.1, 0.15) is 5.82 Å². The maximum absolute atomic E-state index is 13.1. The molecule has 2 aromatic rings. The molecule has 2 aromatic heterocycles. The minimum atomic E-state index is -0.406. The second-order valence-corrected chi connectivity index (χ2v) is 4.15. The van der Waals surface area contributed by atoms with Crippen LogP contribution in [0.2, 0.25) is 0 Å². The Labute approximate surface area is 109 Å². The summed E-state index contributed by atoms with van der Waals surface area (Å²) in [6, 6.07) is 1.36. The van der Waals surface area contributed by atoms with Gasteiger partial charge < -0.3 is 0 Å². The number of hydrogen-bond donors (Lipinski definition) is 0. The van der Waals surface area contributed by atoms with Gasteiger partial charge >= 0.3 is 0 Å². The molecule has 0 unspecified atom stereocenters. The Bertz CT molecular complexity index is 567. The zero-order valence-electron chi connectivity index (χ0n) is 9.85. The van der Waals surface area contributed by atoms with E-state index in [1.165, 1.54) is 16.7 Å². The molecule has 0 radical (unpaired) electrons. The van der Waals surface area contributed by atoms with E-state index >= 15 is 0 Å². The van der Waals surface area contributed by atoms with Crippen molar-refractivity contribution >= 4 is 17.5 Å². The van der Waals surface area contributed by atoms with Crippen molar-refractivity contribution in [3.8, 4) is 5.69 Å². The van der Waals surface area contributed by atoms with Crippen LogP contribution in [0.4, 0.5) is 10.1 Å². The highest BCUT2D eigenvalue weighted by molar-refractivity contribution is 6.25. The lowest BCUT2D eigenvalue weighted by molar-refractivity contribution is 0.618. The molecule has 6 heteroatoms. The van der Waals surface area contributed by atoms with E-state index in [-0.39, 0.29) is 0 Å². The average molecular weight is 267 g/mol. The summed E-state index contributed by atoms with van der Waals surface area (Å²) in [6.07, 6.45) is 6.09. The summed E-state index contributed by atoms with van der Waals surface area (Å²) >= 11 is 6.06. The van der Waals surface area contributed by atoms with E-state index in [1.807, 2.05) is 6.92 Å². The first-order chi connectivity index (χ1) is 8.61. The van der Waals surface area contributed by atoms with Gasteiger partial charge in [-0.2, -0.15) is 5.10 Å². The Hall–Kier alpha value is -1.88. The van der Waals surface area contributed by atoms with Crippen LogP contribution in [0.15, 0.2) is 37.3 Å². The van der Waals surface area contributed by atoms with Crippen LogP contribution >= 0.6 is 11.8 Å². The molecule has 0 N–H and O–H groups in total. The summed E-state index contributed by atoms with van der Waals surface area (Å²) in [5, 5.41) is 4.27. The predicted molar refractivity (Wildman–Crippen MR) is 69.5 cm³/mol. The average Bonchev–Trinajstić information content (AvgIpc) is 2.72. The molecular weight excluding hydrogens is 255 g/mol. The molecule has 2 rings (SSSR count). The largest absolute Gasteiger partial charge is 0.278 e. The van der Waals surface area contributed by atoms with Crippen molar-refractivity contribution in [3.63, 3.8) is 0 Å². The number of aromatic nitrogens is 3. The fraction of sp³-hybridized carbons (Fsp3) is 0.167. The number of anilines is 1. The van der Waals surface area contributed by atoms with E-state index < -0.39 is 5.82 Å². The van der Waals surface area contributed by atoms with Gasteiger partial charge in [-0.1, -0.05) is 6.08 Å². The monoisotopic (exact) mass is 266 g/mol. The zero-order valence-corrected chi connectivity index (χ0v) is 10.6. The minimum Gasteiger partial charge on any atom is -0.278 e. The molecule has 0 aliphatic rings. The van der Waals surface area contributed by atoms with Crippen molar-refractivity contribution in [1.29, 1.82) is 0 Å². The van der Waals surface area contributed by atoms with Crippen LogP contribution in [0.5, 0.6) is 0 Å². The van der Waals surface area contributed by atoms with Crippen LogP contribution in [0, 0.1) is 12.7 Å². The van der Waals surface area contributed by atoms with Crippen molar-refractivity contribution in [2.24, 2.45) is 0 Å². The Morgan fingerprint density at radius 3 is 3.00 bits per heavy atom. The van der Waals surface area contributed by atoms with Crippen LogP contribution in [0.1, 0.15) is 5.69 Å². The highest BCUT2D eigenvalue weighted by Crippen LogP contribution is 2.22. The number of rotatable bonds is 4. The van der Waals surface area contributed by atoms with Gasteiger partial charge in [-0.15, -0.1) is 6.58 Å². The number of nitrogens with zero attached hydrogens (tertiary/aromatic N) is 4. The molecule has 0 aliphatic carbocycles. The molecule has 4 nitrogen and oxygen atoms in total. The number of halogens is 2. The lowest BCUT2D eigenvalue weighted by atomic mass is 10.4. The first kappa shape index (κ1) is 12.6. The molecule has 18 heavy (non-hydrogen) atoms. The third-order valence-electron chi connectivity index (χ3n) is 2.38. The van der Waals surface area contributed by atoms with Gasteiger partial charge in [0, 0.05) is 17.8 Å². The molecule has 0 aliphatic heterocycles. The topological polar surface area (TPSA) is 34.0 Å². The number of aryl methyl sites for hydroxylation is 1. The summed E-state index contributed by atoms with van der Waals surface area (Å²) < 4.78 is 16.1. The van der Waals surface area contributed by atoms with E-state index in [0.29, 0.717) is 12.2 Å². The predicted octanol–water partition coefficient (Wildman–Crippen LogP) is 2.86. The molecule has 0 saturated heterocycles. The first-order valence-corrected chi connectivity index (χ1v) is 5.67. The molecular formula is C12H12ClFN4. The lowest BCUT2D eigenvalue weighted by Gasteiger charge is -2.10. The summed E-state index contributed by atoms with van der Waals surface area (Å²) in [5.41, 5.74) is 2.05. The van der Waals surface area contributed by atoms with Gasteiger partial charge in [0.25, 0.3) is 0 Å². The van der Waals surface area contributed by atoms with Gasteiger partial charge in [-0.3, -0.25) is 9.40 Å². The highest BCUT2D eigenvalue weighted by Gasteiger charge is 2.11. The number of pyridine rings is 1.